The Morgan fingerprint density at radius 2 is 1.78 bits per heavy atom. The van der Waals surface area contributed by atoms with Gasteiger partial charge in [-0.1, -0.05) is 13.5 Å². The van der Waals surface area contributed by atoms with Gasteiger partial charge >= 0.3 is 5.97 Å². The molecule has 0 bridgehead atoms. The third-order valence-corrected chi connectivity index (χ3v) is 8.88. The summed E-state index contributed by atoms with van der Waals surface area (Å²) in [6, 6.07) is 0. The summed E-state index contributed by atoms with van der Waals surface area (Å²) in [5, 5.41) is 10.1. The molecule has 0 saturated heterocycles. The van der Waals surface area contributed by atoms with Crippen LogP contribution < -0.4 is 0 Å². The zero-order valence-corrected chi connectivity index (χ0v) is 17.0. The lowest BCUT2D eigenvalue weighted by atomic mass is 9.49. The summed E-state index contributed by atoms with van der Waals surface area (Å²) >= 11 is 0. The monoisotopic (exact) mass is 374 g/mol. The van der Waals surface area contributed by atoms with Crippen LogP contribution in [0.25, 0.3) is 0 Å². The molecule has 4 aliphatic rings. The first kappa shape index (κ1) is 19.2. The molecule has 0 aromatic heterocycles. The van der Waals surface area contributed by atoms with Gasteiger partial charge in [0.1, 0.15) is 0 Å². The average molecular weight is 375 g/mol. The van der Waals surface area contributed by atoms with Crippen molar-refractivity contribution in [1.82, 2.24) is 0 Å². The van der Waals surface area contributed by atoms with E-state index in [4.69, 9.17) is 4.74 Å². The molecule has 4 heteroatoms. The topological polar surface area (TPSA) is 63.6 Å². The summed E-state index contributed by atoms with van der Waals surface area (Å²) in [5.41, 5.74) is -0.683. The Hall–Kier alpha value is -1.16. The second-order valence-electron chi connectivity index (χ2n) is 10.00. The molecule has 1 N–H and O–H groups in total. The van der Waals surface area contributed by atoms with Gasteiger partial charge in [0.2, 0.25) is 0 Å². The van der Waals surface area contributed by atoms with Crippen molar-refractivity contribution in [2.45, 2.75) is 83.8 Å². The average Bonchev–Trinajstić information content (AvgIpc) is 2.82. The maximum atomic E-state index is 12.8. The third kappa shape index (κ3) is 2.58. The molecule has 0 aliphatic heterocycles. The predicted octanol–water partition coefficient (Wildman–Crippen LogP) is 4.06. The van der Waals surface area contributed by atoms with Crippen LogP contribution in [0.3, 0.4) is 0 Å². The Balaban J connectivity index is 1.67. The summed E-state index contributed by atoms with van der Waals surface area (Å²) in [7, 11) is 0. The maximum absolute atomic E-state index is 12.8. The Labute approximate surface area is 162 Å². The normalized spacial score (nSPS) is 49.0. The smallest absolute Gasteiger partial charge is 0.303 e. The summed E-state index contributed by atoms with van der Waals surface area (Å²) < 4.78 is 5.82. The zero-order chi connectivity index (χ0) is 19.6. The minimum atomic E-state index is -1.14. The van der Waals surface area contributed by atoms with Crippen LogP contribution in [0.15, 0.2) is 12.2 Å². The number of Topliss-reactive ketones (excluding diaryl/α,β-unsaturated/α-hetero) is 1. The molecule has 0 aromatic carbocycles. The van der Waals surface area contributed by atoms with E-state index in [1.165, 1.54) is 19.8 Å². The Kier molecular flexibility index (Phi) is 4.57. The minimum absolute atomic E-state index is 0.0689. The SMILES string of the molecule is C=C1C[C@H]2[C@@H]3CC[C@H]4C[C@@H](O)CC[C@@H]4[C@H]3CC[C@]2(C)[C@@]1(OC(C)=O)C(C)=O. The summed E-state index contributed by atoms with van der Waals surface area (Å²) in [4.78, 5) is 24.8. The van der Waals surface area contributed by atoms with E-state index in [1.54, 1.807) is 6.92 Å². The first-order valence-corrected chi connectivity index (χ1v) is 10.8. The number of aliphatic hydroxyl groups is 1. The summed E-state index contributed by atoms with van der Waals surface area (Å²) in [5.74, 6) is 2.54. The highest BCUT2D eigenvalue weighted by molar-refractivity contribution is 5.92. The Bertz CT molecular complexity index is 669. The number of fused-ring (bicyclic) bond motifs is 5. The molecule has 0 aromatic rings. The van der Waals surface area contributed by atoms with E-state index in [9.17, 15) is 14.7 Å². The van der Waals surface area contributed by atoms with Crippen molar-refractivity contribution in [2.24, 2.45) is 35.0 Å². The Morgan fingerprint density at radius 1 is 1.07 bits per heavy atom. The van der Waals surface area contributed by atoms with Gasteiger partial charge in [0.05, 0.1) is 6.10 Å². The van der Waals surface area contributed by atoms with Crippen molar-refractivity contribution < 1.29 is 19.4 Å². The lowest BCUT2D eigenvalue weighted by Crippen LogP contribution is -2.58. The van der Waals surface area contributed by atoms with E-state index in [0.29, 0.717) is 29.6 Å². The molecule has 150 valence electrons. The van der Waals surface area contributed by atoms with Gasteiger partial charge in [-0.25, -0.2) is 0 Å². The minimum Gasteiger partial charge on any atom is -0.446 e. The van der Waals surface area contributed by atoms with Crippen molar-refractivity contribution in [2.75, 3.05) is 0 Å². The van der Waals surface area contributed by atoms with Crippen LogP contribution in [0.5, 0.6) is 0 Å². The summed E-state index contributed by atoms with van der Waals surface area (Å²) in [6.07, 6.45) is 8.08. The molecule has 4 saturated carbocycles. The fourth-order valence-electron chi connectivity index (χ4n) is 7.90. The first-order valence-electron chi connectivity index (χ1n) is 10.8. The number of esters is 1. The number of aliphatic hydroxyl groups excluding tert-OH is 1. The van der Waals surface area contributed by atoms with Crippen LogP contribution in [0, 0.1) is 35.0 Å². The molecule has 0 radical (unpaired) electrons. The zero-order valence-electron chi connectivity index (χ0n) is 17.0. The molecule has 4 rings (SSSR count). The van der Waals surface area contributed by atoms with Gasteiger partial charge in [0.25, 0.3) is 0 Å². The third-order valence-electron chi connectivity index (χ3n) is 8.88. The van der Waals surface area contributed by atoms with Crippen molar-refractivity contribution in [3.05, 3.63) is 12.2 Å². The fraction of sp³-hybridized carbons (Fsp3) is 0.826. The number of hydrogen-bond donors (Lipinski definition) is 1. The van der Waals surface area contributed by atoms with Gasteiger partial charge in [-0.2, -0.15) is 0 Å². The molecular weight excluding hydrogens is 340 g/mol. The fourth-order valence-corrected chi connectivity index (χ4v) is 7.90. The second-order valence-corrected chi connectivity index (χ2v) is 10.00. The van der Waals surface area contributed by atoms with Gasteiger partial charge in [0, 0.05) is 12.3 Å². The van der Waals surface area contributed by atoms with Crippen molar-refractivity contribution in [3.8, 4) is 0 Å². The van der Waals surface area contributed by atoms with E-state index in [0.717, 1.165) is 44.1 Å². The van der Waals surface area contributed by atoms with Gasteiger partial charge in [-0.15, -0.1) is 0 Å². The number of ether oxygens (including phenoxy) is 1. The highest BCUT2D eigenvalue weighted by atomic mass is 16.6. The van der Waals surface area contributed by atoms with Crippen molar-refractivity contribution >= 4 is 11.8 Å². The number of carbonyl (C=O) groups is 2. The lowest BCUT2D eigenvalue weighted by molar-refractivity contribution is -0.182. The molecule has 27 heavy (non-hydrogen) atoms. The molecule has 0 heterocycles. The molecule has 0 amide bonds. The summed E-state index contributed by atoms with van der Waals surface area (Å²) in [6.45, 7) is 9.39. The molecule has 0 unspecified atom stereocenters. The second kappa shape index (κ2) is 6.43. The van der Waals surface area contributed by atoms with Crippen LogP contribution in [0.4, 0.5) is 0 Å². The number of rotatable bonds is 2. The van der Waals surface area contributed by atoms with Gasteiger partial charge < -0.3 is 9.84 Å². The quantitative estimate of drug-likeness (QED) is 0.585. The van der Waals surface area contributed by atoms with E-state index < -0.39 is 5.60 Å². The maximum Gasteiger partial charge on any atom is 0.303 e. The number of hydrogen-bond acceptors (Lipinski definition) is 4. The first-order chi connectivity index (χ1) is 12.7. The van der Waals surface area contributed by atoms with Crippen LogP contribution in [0.2, 0.25) is 0 Å². The molecule has 8 atom stereocenters. The van der Waals surface area contributed by atoms with Gasteiger partial charge in [-0.05, 0) is 93.5 Å². The highest BCUT2D eigenvalue weighted by Crippen LogP contribution is 2.67. The molecular formula is C23H34O4. The predicted molar refractivity (Wildman–Crippen MR) is 103 cm³/mol. The Morgan fingerprint density at radius 3 is 2.44 bits per heavy atom. The number of carbonyl (C=O) groups excluding carboxylic acids is 2. The van der Waals surface area contributed by atoms with E-state index >= 15 is 0 Å². The number of ketones is 1. The largest absolute Gasteiger partial charge is 0.446 e. The van der Waals surface area contributed by atoms with Crippen LogP contribution >= 0.6 is 0 Å². The molecule has 4 fully saturated rings. The van der Waals surface area contributed by atoms with E-state index in [1.807, 2.05) is 0 Å². The highest BCUT2D eigenvalue weighted by Gasteiger charge is 2.68. The van der Waals surface area contributed by atoms with Crippen LogP contribution in [0.1, 0.15) is 72.1 Å². The lowest BCUT2D eigenvalue weighted by Gasteiger charge is -2.57. The van der Waals surface area contributed by atoms with Crippen LogP contribution in [-0.2, 0) is 14.3 Å². The van der Waals surface area contributed by atoms with Gasteiger partial charge in [0.15, 0.2) is 11.4 Å². The standard InChI is InChI=1S/C23H34O4/c1-13-11-21-20-7-5-16-12-17(26)6-8-18(16)19(20)9-10-22(21,4)23(13,14(2)24)27-15(3)25/h16-21,26H,1,5-12H2,2-4H3/t16-,17-,18-,19+,20+,21-,22-,23-/m0/s1. The van der Waals surface area contributed by atoms with E-state index in [2.05, 4.69) is 13.5 Å². The van der Waals surface area contributed by atoms with Crippen molar-refractivity contribution in [3.63, 3.8) is 0 Å². The van der Waals surface area contributed by atoms with Crippen LogP contribution in [-0.4, -0.2) is 28.6 Å². The molecule has 4 aliphatic carbocycles. The molecule has 4 nitrogen and oxygen atoms in total. The van der Waals surface area contributed by atoms with Gasteiger partial charge in [-0.3, -0.25) is 9.59 Å². The molecule has 0 spiro atoms. The van der Waals surface area contributed by atoms with E-state index in [-0.39, 0.29) is 23.3 Å². The van der Waals surface area contributed by atoms with Crippen molar-refractivity contribution in [1.29, 1.82) is 0 Å².